The van der Waals surface area contributed by atoms with Crippen molar-refractivity contribution in [3.63, 3.8) is 0 Å². The van der Waals surface area contributed by atoms with Gasteiger partial charge in [-0.2, -0.15) is 5.10 Å². The van der Waals surface area contributed by atoms with E-state index in [9.17, 15) is 0 Å². The molecule has 0 unspecified atom stereocenters. The molecular weight excluding hydrogens is 262 g/mol. The van der Waals surface area contributed by atoms with Crippen LogP contribution in [0.2, 0.25) is 0 Å². The van der Waals surface area contributed by atoms with Crippen LogP contribution in [0.25, 0.3) is 17.1 Å². The molecule has 3 aromatic rings. The monoisotopic (exact) mass is 281 g/mol. The molecule has 5 nitrogen and oxygen atoms in total. The summed E-state index contributed by atoms with van der Waals surface area (Å²) in [5.41, 5.74) is 4.51. The Morgan fingerprint density at radius 1 is 1.10 bits per heavy atom. The summed E-state index contributed by atoms with van der Waals surface area (Å²) < 4.78 is 3.65. The third-order valence-corrected chi connectivity index (χ3v) is 3.57. The van der Waals surface area contributed by atoms with Gasteiger partial charge in [-0.15, -0.1) is 5.10 Å². The van der Waals surface area contributed by atoms with E-state index in [1.54, 1.807) is 10.9 Å². The van der Waals surface area contributed by atoms with E-state index in [-0.39, 0.29) is 0 Å². The minimum absolute atomic E-state index is 0.372. The third-order valence-electron chi connectivity index (χ3n) is 3.57. The highest BCUT2D eigenvalue weighted by molar-refractivity contribution is 5.62. The predicted molar refractivity (Wildman–Crippen MR) is 82.4 cm³/mol. The maximum Gasteiger partial charge on any atom is 0.172 e. The van der Waals surface area contributed by atoms with Crippen LogP contribution in [0.4, 0.5) is 0 Å². The van der Waals surface area contributed by atoms with Crippen LogP contribution in [-0.2, 0) is 7.05 Å². The van der Waals surface area contributed by atoms with Gasteiger partial charge in [-0.1, -0.05) is 48.9 Å². The zero-order chi connectivity index (χ0) is 15.0. The van der Waals surface area contributed by atoms with E-state index in [4.69, 9.17) is 5.10 Å². The molecule has 2 aromatic heterocycles. The lowest BCUT2D eigenvalue weighted by Gasteiger charge is -2.07. The molecule has 0 amide bonds. The first-order chi connectivity index (χ1) is 10.1. The van der Waals surface area contributed by atoms with Crippen molar-refractivity contribution in [2.24, 2.45) is 7.05 Å². The van der Waals surface area contributed by atoms with Crippen molar-refractivity contribution in [3.8, 4) is 17.1 Å². The molecule has 5 heteroatoms. The molecule has 3 rings (SSSR count). The van der Waals surface area contributed by atoms with Gasteiger partial charge in [-0.25, -0.2) is 9.36 Å². The molecule has 0 fully saturated rings. The highest BCUT2D eigenvalue weighted by Crippen LogP contribution is 2.26. The molecule has 0 aliphatic rings. The molecule has 0 saturated heterocycles. The highest BCUT2D eigenvalue weighted by atomic mass is 15.5. The van der Waals surface area contributed by atoms with Gasteiger partial charge in [-0.05, 0) is 18.9 Å². The SMILES string of the molecule is Cc1ccc(-c2cc(C(C)C)nn2-c2cnnn2C)cc1. The second kappa shape index (κ2) is 5.16. The van der Waals surface area contributed by atoms with E-state index < -0.39 is 0 Å². The quantitative estimate of drug-likeness (QED) is 0.741. The van der Waals surface area contributed by atoms with Gasteiger partial charge in [0.15, 0.2) is 5.82 Å². The van der Waals surface area contributed by atoms with Crippen LogP contribution in [0, 0.1) is 6.92 Å². The molecule has 0 aliphatic carbocycles. The molecule has 0 aliphatic heterocycles. The van der Waals surface area contributed by atoms with Gasteiger partial charge < -0.3 is 0 Å². The second-order valence-corrected chi connectivity index (χ2v) is 5.60. The fourth-order valence-corrected chi connectivity index (χ4v) is 2.26. The van der Waals surface area contributed by atoms with Gasteiger partial charge >= 0.3 is 0 Å². The lowest BCUT2D eigenvalue weighted by molar-refractivity contribution is 0.665. The fourth-order valence-electron chi connectivity index (χ4n) is 2.26. The first kappa shape index (κ1) is 13.5. The van der Waals surface area contributed by atoms with Crippen LogP contribution in [0.5, 0.6) is 0 Å². The molecule has 0 N–H and O–H groups in total. The van der Waals surface area contributed by atoms with Gasteiger partial charge in [0.2, 0.25) is 0 Å². The van der Waals surface area contributed by atoms with Crippen molar-refractivity contribution in [3.05, 3.63) is 47.8 Å². The number of hydrogen-bond donors (Lipinski definition) is 0. The maximum absolute atomic E-state index is 4.73. The van der Waals surface area contributed by atoms with Gasteiger partial charge in [0.1, 0.15) is 0 Å². The highest BCUT2D eigenvalue weighted by Gasteiger charge is 2.15. The summed E-state index contributed by atoms with van der Waals surface area (Å²) in [4.78, 5) is 0. The number of aromatic nitrogens is 5. The minimum atomic E-state index is 0.372. The average molecular weight is 281 g/mol. The molecule has 21 heavy (non-hydrogen) atoms. The Hall–Kier alpha value is -2.43. The van der Waals surface area contributed by atoms with Crippen molar-refractivity contribution in [1.82, 2.24) is 24.8 Å². The third kappa shape index (κ3) is 2.46. The van der Waals surface area contributed by atoms with Crippen LogP contribution in [0.1, 0.15) is 31.0 Å². The van der Waals surface area contributed by atoms with Crippen molar-refractivity contribution in [2.45, 2.75) is 26.7 Å². The van der Waals surface area contributed by atoms with Crippen LogP contribution in [0.3, 0.4) is 0 Å². The lowest BCUT2D eigenvalue weighted by Crippen LogP contribution is -2.06. The maximum atomic E-state index is 4.73. The number of nitrogens with zero attached hydrogens (tertiary/aromatic N) is 5. The van der Waals surface area contributed by atoms with Crippen LogP contribution in [0.15, 0.2) is 36.5 Å². The molecule has 0 saturated carbocycles. The van der Waals surface area contributed by atoms with Crippen molar-refractivity contribution >= 4 is 0 Å². The Bertz CT molecular complexity index is 749. The van der Waals surface area contributed by atoms with Crippen LogP contribution in [-0.4, -0.2) is 24.8 Å². The number of benzene rings is 1. The molecule has 1 aromatic carbocycles. The summed E-state index contributed by atoms with van der Waals surface area (Å²) in [6.45, 7) is 6.38. The number of rotatable bonds is 3. The van der Waals surface area contributed by atoms with Crippen molar-refractivity contribution in [1.29, 1.82) is 0 Å². The normalized spacial score (nSPS) is 11.3. The van der Waals surface area contributed by atoms with Gasteiger partial charge in [0, 0.05) is 12.6 Å². The predicted octanol–water partition coefficient (Wildman–Crippen LogP) is 3.10. The topological polar surface area (TPSA) is 48.5 Å². The smallest absolute Gasteiger partial charge is 0.172 e. The molecule has 108 valence electrons. The summed E-state index contributed by atoms with van der Waals surface area (Å²) >= 11 is 0. The molecule has 2 heterocycles. The van der Waals surface area contributed by atoms with E-state index >= 15 is 0 Å². The average Bonchev–Trinajstić information content (AvgIpc) is 3.05. The summed E-state index contributed by atoms with van der Waals surface area (Å²) in [7, 11) is 1.87. The Labute approximate surface area is 124 Å². The second-order valence-electron chi connectivity index (χ2n) is 5.60. The largest absolute Gasteiger partial charge is 0.231 e. The first-order valence-corrected chi connectivity index (χ1v) is 7.08. The number of hydrogen-bond acceptors (Lipinski definition) is 3. The Kier molecular flexibility index (Phi) is 3.33. The summed E-state index contributed by atoms with van der Waals surface area (Å²) in [6, 6.07) is 10.6. The summed E-state index contributed by atoms with van der Waals surface area (Å²) in [5, 5.41) is 12.7. The Balaban J connectivity index is 2.19. The lowest BCUT2D eigenvalue weighted by atomic mass is 10.1. The molecular formula is C16H19N5. The van der Waals surface area contributed by atoms with Crippen LogP contribution < -0.4 is 0 Å². The van der Waals surface area contributed by atoms with Crippen molar-refractivity contribution in [2.75, 3.05) is 0 Å². The molecule has 0 radical (unpaired) electrons. The van der Waals surface area contributed by atoms with E-state index in [1.165, 1.54) is 5.56 Å². The zero-order valence-electron chi connectivity index (χ0n) is 12.8. The summed E-state index contributed by atoms with van der Waals surface area (Å²) in [6.07, 6.45) is 1.73. The molecule has 0 bridgehead atoms. The van der Waals surface area contributed by atoms with E-state index in [0.717, 1.165) is 22.8 Å². The number of aryl methyl sites for hydroxylation is 2. The standard InChI is InChI=1S/C16H19N5/c1-11(2)14-9-15(13-7-5-12(3)6-8-13)21(18-14)16-10-17-19-20(16)4/h5-11H,1-4H3. The van der Waals surface area contributed by atoms with Crippen molar-refractivity contribution < 1.29 is 0 Å². The van der Waals surface area contributed by atoms with E-state index in [2.05, 4.69) is 61.4 Å². The zero-order valence-corrected chi connectivity index (χ0v) is 12.8. The van der Waals surface area contributed by atoms with E-state index in [1.807, 2.05) is 11.7 Å². The van der Waals surface area contributed by atoms with Crippen LogP contribution >= 0.6 is 0 Å². The molecule has 0 atom stereocenters. The molecule has 0 spiro atoms. The van der Waals surface area contributed by atoms with Gasteiger partial charge in [0.05, 0.1) is 17.6 Å². The fraction of sp³-hybridized carbons (Fsp3) is 0.312. The van der Waals surface area contributed by atoms with E-state index in [0.29, 0.717) is 5.92 Å². The Morgan fingerprint density at radius 2 is 1.81 bits per heavy atom. The minimum Gasteiger partial charge on any atom is -0.231 e. The van der Waals surface area contributed by atoms with Gasteiger partial charge in [-0.3, -0.25) is 0 Å². The Morgan fingerprint density at radius 3 is 2.38 bits per heavy atom. The first-order valence-electron chi connectivity index (χ1n) is 7.08. The van der Waals surface area contributed by atoms with Gasteiger partial charge in [0.25, 0.3) is 0 Å². The summed E-state index contributed by atoms with van der Waals surface area (Å²) in [5.74, 6) is 1.23.